The summed E-state index contributed by atoms with van der Waals surface area (Å²) in [6.07, 6.45) is 2.53. The Morgan fingerprint density at radius 3 is 2.60 bits per heavy atom. The zero-order valence-electron chi connectivity index (χ0n) is 15.9. The van der Waals surface area contributed by atoms with E-state index in [0.717, 1.165) is 28.8 Å². The molecule has 150 valence electrons. The molecule has 0 bridgehead atoms. The largest absolute Gasteiger partial charge is 0.451 e. The molecular weight excluding hydrogens is 400 g/mol. The number of hydrogen-bond donors (Lipinski definition) is 2. The molecule has 0 aliphatic heterocycles. The van der Waals surface area contributed by atoms with Crippen LogP contribution < -0.4 is 10.6 Å². The first kappa shape index (κ1) is 18.5. The zero-order chi connectivity index (χ0) is 20.5. The highest BCUT2D eigenvalue weighted by atomic mass is 32.1. The second-order valence-corrected chi connectivity index (χ2v) is 8.25. The molecular formula is C22H18N4O3S. The number of carbonyl (C=O) groups is 2. The van der Waals surface area contributed by atoms with Crippen molar-refractivity contribution in [3.63, 3.8) is 0 Å². The molecule has 4 aromatic rings. The molecule has 1 aliphatic carbocycles. The molecule has 0 spiro atoms. The summed E-state index contributed by atoms with van der Waals surface area (Å²) in [5.74, 6) is 0.310. The Labute approximate surface area is 176 Å². The first-order valence-corrected chi connectivity index (χ1v) is 10.5. The number of hydrogen-bond acceptors (Lipinski definition) is 6. The average molecular weight is 418 g/mol. The Morgan fingerprint density at radius 2 is 1.83 bits per heavy atom. The fourth-order valence-electron chi connectivity index (χ4n) is 3.12. The van der Waals surface area contributed by atoms with Gasteiger partial charge < -0.3 is 15.1 Å². The van der Waals surface area contributed by atoms with Gasteiger partial charge in [0.25, 0.3) is 5.91 Å². The molecule has 0 atom stereocenters. The highest BCUT2D eigenvalue weighted by Gasteiger charge is 2.27. The van der Waals surface area contributed by atoms with Crippen molar-refractivity contribution in [1.82, 2.24) is 10.2 Å². The maximum Gasteiger partial charge on any atom is 0.291 e. The maximum atomic E-state index is 12.4. The minimum Gasteiger partial charge on any atom is -0.451 e. The number of nitrogens with zero attached hydrogens (tertiary/aromatic N) is 2. The molecule has 2 aromatic heterocycles. The van der Waals surface area contributed by atoms with Gasteiger partial charge in [0.1, 0.15) is 10.6 Å². The van der Waals surface area contributed by atoms with Crippen LogP contribution in [0.15, 0.2) is 59.0 Å². The fourth-order valence-corrected chi connectivity index (χ4v) is 4.05. The molecule has 7 nitrogen and oxygen atoms in total. The van der Waals surface area contributed by atoms with Crippen LogP contribution in [-0.2, 0) is 11.2 Å². The summed E-state index contributed by atoms with van der Waals surface area (Å²) >= 11 is 1.44. The Bertz CT molecular complexity index is 1190. The van der Waals surface area contributed by atoms with E-state index in [1.165, 1.54) is 11.3 Å². The van der Waals surface area contributed by atoms with Gasteiger partial charge in [-0.3, -0.25) is 9.59 Å². The van der Waals surface area contributed by atoms with Gasteiger partial charge in [-0.1, -0.05) is 41.7 Å². The number of carbonyl (C=O) groups excluding carboxylic acids is 2. The lowest BCUT2D eigenvalue weighted by atomic mass is 10.1. The van der Waals surface area contributed by atoms with Crippen molar-refractivity contribution in [2.24, 2.45) is 0 Å². The third kappa shape index (κ3) is 4.08. The van der Waals surface area contributed by atoms with Crippen LogP contribution in [0.3, 0.4) is 0 Å². The summed E-state index contributed by atoms with van der Waals surface area (Å²) in [4.78, 5) is 24.7. The van der Waals surface area contributed by atoms with E-state index in [0.29, 0.717) is 22.3 Å². The lowest BCUT2D eigenvalue weighted by Crippen LogP contribution is -2.14. The van der Waals surface area contributed by atoms with E-state index >= 15 is 0 Å². The van der Waals surface area contributed by atoms with Gasteiger partial charge in [0.15, 0.2) is 5.76 Å². The lowest BCUT2D eigenvalue weighted by molar-refractivity contribution is -0.115. The minimum atomic E-state index is -0.320. The van der Waals surface area contributed by atoms with Gasteiger partial charge in [-0.25, -0.2) is 0 Å². The molecule has 1 saturated carbocycles. The maximum absolute atomic E-state index is 12.4. The number of para-hydroxylation sites is 1. The van der Waals surface area contributed by atoms with Gasteiger partial charge in [-0.15, -0.1) is 10.2 Å². The van der Waals surface area contributed by atoms with Crippen molar-refractivity contribution in [2.75, 3.05) is 10.6 Å². The van der Waals surface area contributed by atoms with Crippen molar-refractivity contribution in [2.45, 2.75) is 25.2 Å². The van der Waals surface area contributed by atoms with E-state index in [1.54, 1.807) is 18.2 Å². The topological polar surface area (TPSA) is 97.1 Å². The summed E-state index contributed by atoms with van der Waals surface area (Å²) in [5.41, 5.74) is 2.13. The Kier molecular flexibility index (Phi) is 4.76. The van der Waals surface area contributed by atoms with Crippen LogP contribution in [0.5, 0.6) is 0 Å². The molecule has 2 amide bonds. The van der Waals surface area contributed by atoms with Crippen LogP contribution in [0.25, 0.3) is 11.0 Å². The number of rotatable bonds is 6. The van der Waals surface area contributed by atoms with E-state index in [-0.39, 0.29) is 24.0 Å². The van der Waals surface area contributed by atoms with Crippen LogP contribution in [0.2, 0.25) is 0 Å². The zero-order valence-corrected chi connectivity index (χ0v) is 16.7. The van der Waals surface area contributed by atoms with Crippen molar-refractivity contribution in [3.05, 3.63) is 70.9 Å². The van der Waals surface area contributed by atoms with Crippen LogP contribution in [0.1, 0.15) is 39.9 Å². The van der Waals surface area contributed by atoms with Crippen molar-refractivity contribution >= 4 is 44.9 Å². The van der Waals surface area contributed by atoms with Crippen LogP contribution >= 0.6 is 11.3 Å². The number of anilines is 2. The normalized spacial score (nSPS) is 13.3. The molecule has 2 N–H and O–H groups in total. The summed E-state index contributed by atoms with van der Waals surface area (Å²) in [6.45, 7) is 0. The Morgan fingerprint density at radius 1 is 1.03 bits per heavy atom. The first-order chi connectivity index (χ1) is 14.6. The van der Waals surface area contributed by atoms with E-state index in [4.69, 9.17) is 4.42 Å². The molecule has 8 heteroatoms. The molecule has 0 unspecified atom stereocenters. The predicted octanol–water partition coefficient (Wildman–Crippen LogP) is 4.60. The fraction of sp³-hybridized carbons (Fsp3) is 0.182. The average Bonchev–Trinajstić information content (AvgIpc) is 3.33. The van der Waals surface area contributed by atoms with Crippen LogP contribution in [0, 0.1) is 0 Å². The summed E-state index contributed by atoms with van der Waals surface area (Å²) in [7, 11) is 0. The van der Waals surface area contributed by atoms with Crippen molar-refractivity contribution in [1.29, 1.82) is 0 Å². The van der Waals surface area contributed by atoms with Crippen LogP contribution in [0.4, 0.5) is 10.8 Å². The molecule has 2 heterocycles. The molecule has 2 aromatic carbocycles. The molecule has 5 rings (SSSR count). The number of benzene rings is 2. The van der Waals surface area contributed by atoms with Crippen LogP contribution in [-0.4, -0.2) is 22.0 Å². The Balaban J connectivity index is 1.18. The summed E-state index contributed by atoms with van der Waals surface area (Å²) in [5, 5.41) is 16.2. The smallest absolute Gasteiger partial charge is 0.291 e. The second kappa shape index (κ2) is 7.72. The summed E-state index contributed by atoms with van der Waals surface area (Å²) in [6, 6.07) is 16.3. The second-order valence-electron chi connectivity index (χ2n) is 7.24. The molecule has 1 fully saturated rings. The number of fused-ring (bicyclic) bond motifs is 1. The predicted molar refractivity (Wildman–Crippen MR) is 115 cm³/mol. The van der Waals surface area contributed by atoms with Gasteiger partial charge in [0.05, 0.1) is 6.42 Å². The molecule has 0 radical (unpaired) electrons. The van der Waals surface area contributed by atoms with Gasteiger partial charge >= 0.3 is 0 Å². The number of furan rings is 1. The van der Waals surface area contributed by atoms with E-state index < -0.39 is 0 Å². The van der Waals surface area contributed by atoms with E-state index in [9.17, 15) is 9.59 Å². The highest BCUT2D eigenvalue weighted by molar-refractivity contribution is 7.15. The quantitative estimate of drug-likeness (QED) is 0.477. The summed E-state index contributed by atoms with van der Waals surface area (Å²) < 4.78 is 5.58. The van der Waals surface area contributed by atoms with Crippen molar-refractivity contribution < 1.29 is 14.0 Å². The number of aromatic nitrogens is 2. The van der Waals surface area contributed by atoms with Gasteiger partial charge in [-0.05, 0) is 42.7 Å². The minimum absolute atomic E-state index is 0.146. The SMILES string of the molecule is O=C(Cc1ccc(NC(=O)c2cc3ccccc3o2)cc1)Nc1nnc(C2CC2)s1. The highest BCUT2D eigenvalue weighted by Crippen LogP contribution is 2.42. The Hall–Kier alpha value is -3.52. The standard InChI is InChI=1S/C22H18N4O3S/c27-19(24-22-26-25-21(30-22)14-7-8-14)11-13-5-9-16(10-6-13)23-20(28)18-12-15-3-1-2-4-17(15)29-18/h1-6,9-10,12,14H,7-8,11H2,(H,23,28)(H,24,26,27). The number of nitrogens with one attached hydrogen (secondary N) is 2. The van der Waals surface area contributed by atoms with Gasteiger partial charge in [0, 0.05) is 17.0 Å². The first-order valence-electron chi connectivity index (χ1n) is 9.66. The third-order valence-corrected chi connectivity index (χ3v) is 5.84. The molecule has 0 saturated heterocycles. The van der Waals surface area contributed by atoms with Gasteiger partial charge in [0.2, 0.25) is 11.0 Å². The van der Waals surface area contributed by atoms with Gasteiger partial charge in [-0.2, -0.15) is 0 Å². The third-order valence-electron chi connectivity index (χ3n) is 4.84. The van der Waals surface area contributed by atoms with E-state index in [2.05, 4.69) is 20.8 Å². The monoisotopic (exact) mass is 418 g/mol. The van der Waals surface area contributed by atoms with Crippen molar-refractivity contribution in [3.8, 4) is 0 Å². The van der Waals surface area contributed by atoms with E-state index in [1.807, 2.05) is 36.4 Å². The number of amides is 2. The molecule has 1 aliphatic rings. The lowest BCUT2D eigenvalue weighted by Gasteiger charge is -2.05. The molecule has 30 heavy (non-hydrogen) atoms.